The van der Waals surface area contributed by atoms with Gasteiger partial charge in [0.05, 0.1) is 26.5 Å². The molecule has 1 atom stereocenters. The molecular formula is C30H30Cl4N2O2. The zero-order valence-corrected chi connectivity index (χ0v) is 24.0. The summed E-state index contributed by atoms with van der Waals surface area (Å²) in [6.45, 7) is 0.201. The largest absolute Gasteiger partial charge is 0.352 e. The molecule has 2 amide bonds. The van der Waals surface area contributed by atoms with Crippen molar-refractivity contribution in [2.24, 2.45) is 0 Å². The second kappa shape index (κ2) is 13.7. The Morgan fingerprint density at radius 1 is 0.763 bits per heavy atom. The molecule has 0 radical (unpaired) electrons. The molecule has 0 bridgehead atoms. The maximum atomic E-state index is 13.9. The number of carbonyl (C=O) groups excluding carboxylic acids is 2. The maximum absolute atomic E-state index is 13.9. The standard InChI is InChI=1S/C30H30Cl4N2O2/c31-24-13-11-21(15-26(24)33)18-29(37)36(19-22-12-14-25(32)27(34)16-22)28(17-20-7-3-1-4-8-20)30(38)35-23-9-5-2-6-10-23/h1,3-4,7-8,11-16,23,28H,2,5-6,9-10,17-19H2,(H,35,38)/t28-/m0/s1. The molecule has 1 saturated carbocycles. The molecule has 0 saturated heterocycles. The molecule has 0 aliphatic heterocycles. The zero-order valence-electron chi connectivity index (χ0n) is 20.9. The van der Waals surface area contributed by atoms with Gasteiger partial charge in [-0.25, -0.2) is 0 Å². The summed E-state index contributed by atoms with van der Waals surface area (Å²) in [5.74, 6) is -0.350. The first kappa shape index (κ1) is 28.8. The highest BCUT2D eigenvalue weighted by Gasteiger charge is 2.32. The summed E-state index contributed by atoms with van der Waals surface area (Å²) in [5.41, 5.74) is 2.47. The Hall–Kier alpha value is -2.24. The van der Waals surface area contributed by atoms with Crippen LogP contribution in [0.2, 0.25) is 20.1 Å². The molecule has 0 unspecified atom stereocenters. The van der Waals surface area contributed by atoms with E-state index in [-0.39, 0.29) is 30.8 Å². The molecule has 1 fully saturated rings. The summed E-state index contributed by atoms with van der Waals surface area (Å²) in [6, 6.07) is 19.6. The number of benzene rings is 3. The van der Waals surface area contributed by atoms with Crippen LogP contribution in [0.1, 0.15) is 48.8 Å². The number of carbonyl (C=O) groups is 2. The van der Waals surface area contributed by atoms with Crippen molar-refractivity contribution < 1.29 is 9.59 Å². The average Bonchev–Trinajstić information content (AvgIpc) is 2.91. The lowest BCUT2D eigenvalue weighted by molar-refractivity contribution is -0.141. The fraction of sp³-hybridized carbons (Fsp3) is 0.333. The highest BCUT2D eigenvalue weighted by molar-refractivity contribution is 6.42. The molecule has 38 heavy (non-hydrogen) atoms. The first-order chi connectivity index (χ1) is 18.3. The van der Waals surface area contributed by atoms with Gasteiger partial charge in [-0.2, -0.15) is 0 Å². The van der Waals surface area contributed by atoms with E-state index in [1.165, 1.54) is 6.42 Å². The molecule has 1 aliphatic rings. The summed E-state index contributed by atoms with van der Waals surface area (Å²) in [5, 5.41) is 4.87. The summed E-state index contributed by atoms with van der Waals surface area (Å²) < 4.78 is 0. The Labute approximate surface area is 244 Å². The minimum absolute atomic E-state index is 0.0697. The zero-order chi connectivity index (χ0) is 27.1. The highest BCUT2D eigenvalue weighted by Crippen LogP contribution is 2.26. The number of rotatable bonds is 9. The second-order valence-electron chi connectivity index (χ2n) is 9.74. The molecule has 3 aromatic carbocycles. The summed E-state index contributed by atoms with van der Waals surface area (Å²) >= 11 is 24.7. The quantitative estimate of drug-likeness (QED) is 0.275. The molecular weight excluding hydrogens is 562 g/mol. The van der Waals surface area contributed by atoms with Crippen LogP contribution in [0, 0.1) is 0 Å². The Morgan fingerprint density at radius 3 is 2.00 bits per heavy atom. The number of halogens is 4. The lowest BCUT2D eigenvalue weighted by atomic mass is 9.94. The van der Waals surface area contributed by atoms with Crippen molar-refractivity contribution in [3.63, 3.8) is 0 Å². The fourth-order valence-electron chi connectivity index (χ4n) is 4.86. The molecule has 3 aromatic rings. The number of amides is 2. The summed E-state index contributed by atoms with van der Waals surface area (Å²) in [7, 11) is 0. The lowest BCUT2D eigenvalue weighted by Gasteiger charge is -2.33. The first-order valence-electron chi connectivity index (χ1n) is 12.8. The number of nitrogens with zero attached hydrogens (tertiary/aromatic N) is 1. The molecule has 4 rings (SSSR count). The van der Waals surface area contributed by atoms with Crippen molar-refractivity contribution >= 4 is 58.2 Å². The molecule has 1 N–H and O–H groups in total. The van der Waals surface area contributed by atoms with Crippen molar-refractivity contribution in [3.8, 4) is 0 Å². The van der Waals surface area contributed by atoms with E-state index >= 15 is 0 Å². The SMILES string of the molecule is O=C(NC1CCCCC1)[C@H](Cc1ccccc1)N(Cc1ccc(Cl)c(Cl)c1)C(=O)Cc1ccc(Cl)c(Cl)c1. The third kappa shape index (κ3) is 7.89. The van der Waals surface area contributed by atoms with E-state index in [1.807, 2.05) is 36.4 Å². The minimum atomic E-state index is -0.718. The number of hydrogen-bond acceptors (Lipinski definition) is 2. The lowest BCUT2D eigenvalue weighted by Crippen LogP contribution is -2.53. The van der Waals surface area contributed by atoms with Gasteiger partial charge in [-0.3, -0.25) is 9.59 Å². The fourth-order valence-corrected chi connectivity index (χ4v) is 5.50. The van der Waals surface area contributed by atoms with E-state index < -0.39 is 6.04 Å². The van der Waals surface area contributed by atoms with Crippen LogP contribution < -0.4 is 5.32 Å². The van der Waals surface area contributed by atoms with Gasteiger partial charge in [0.1, 0.15) is 6.04 Å². The maximum Gasteiger partial charge on any atom is 0.243 e. The van der Waals surface area contributed by atoms with Gasteiger partial charge in [0.2, 0.25) is 11.8 Å². The highest BCUT2D eigenvalue weighted by atomic mass is 35.5. The van der Waals surface area contributed by atoms with Gasteiger partial charge in [0.25, 0.3) is 0 Å². The van der Waals surface area contributed by atoms with Gasteiger partial charge in [-0.15, -0.1) is 0 Å². The van der Waals surface area contributed by atoms with E-state index in [1.54, 1.807) is 35.2 Å². The Bertz CT molecular complexity index is 1260. The van der Waals surface area contributed by atoms with Crippen molar-refractivity contribution in [3.05, 3.63) is 104 Å². The van der Waals surface area contributed by atoms with Crippen molar-refractivity contribution in [2.75, 3.05) is 0 Å². The molecule has 0 heterocycles. The monoisotopic (exact) mass is 590 g/mol. The van der Waals surface area contributed by atoms with Gasteiger partial charge >= 0.3 is 0 Å². The van der Waals surface area contributed by atoms with Gasteiger partial charge in [-0.05, 0) is 53.8 Å². The predicted octanol–water partition coefficient (Wildman–Crippen LogP) is 7.93. The van der Waals surface area contributed by atoms with Crippen molar-refractivity contribution in [1.82, 2.24) is 10.2 Å². The van der Waals surface area contributed by atoms with E-state index in [9.17, 15) is 9.59 Å². The smallest absolute Gasteiger partial charge is 0.243 e. The molecule has 1 aliphatic carbocycles. The Kier molecular flexibility index (Phi) is 10.4. The Morgan fingerprint density at radius 2 is 1.37 bits per heavy atom. The average molecular weight is 592 g/mol. The van der Waals surface area contributed by atoms with E-state index in [0.717, 1.165) is 42.4 Å². The molecule has 4 nitrogen and oxygen atoms in total. The second-order valence-corrected chi connectivity index (χ2v) is 11.4. The van der Waals surface area contributed by atoms with Gasteiger partial charge < -0.3 is 10.2 Å². The normalized spacial score (nSPS) is 14.6. The topological polar surface area (TPSA) is 49.4 Å². The van der Waals surface area contributed by atoms with E-state index in [2.05, 4.69) is 5.32 Å². The van der Waals surface area contributed by atoms with Crippen LogP contribution in [0.25, 0.3) is 0 Å². The third-order valence-electron chi connectivity index (χ3n) is 6.90. The Balaban J connectivity index is 1.67. The van der Waals surface area contributed by atoms with Crippen LogP contribution in [0.15, 0.2) is 66.7 Å². The number of hydrogen-bond donors (Lipinski definition) is 1. The van der Waals surface area contributed by atoms with Crippen molar-refractivity contribution in [1.29, 1.82) is 0 Å². The number of nitrogens with one attached hydrogen (secondary N) is 1. The molecule has 200 valence electrons. The summed E-state index contributed by atoms with van der Waals surface area (Å²) in [4.78, 5) is 29.4. The molecule has 8 heteroatoms. The summed E-state index contributed by atoms with van der Waals surface area (Å²) in [6.07, 6.45) is 5.73. The van der Waals surface area contributed by atoms with Crippen LogP contribution in [-0.4, -0.2) is 28.8 Å². The predicted molar refractivity (Wildman–Crippen MR) is 156 cm³/mol. The van der Waals surface area contributed by atoms with Crippen LogP contribution in [0.4, 0.5) is 0 Å². The third-order valence-corrected chi connectivity index (χ3v) is 8.38. The van der Waals surface area contributed by atoms with Crippen LogP contribution in [-0.2, 0) is 29.0 Å². The van der Waals surface area contributed by atoms with Gasteiger partial charge in [0, 0.05) is 19.0 Å². The van der Waals surface area contributed by atoms with Gasteiger partial charge in [-0.1, -0.05) is 108 Å². The first-order valence-corrected chi connectivity index (χ1v) is 14.3. The van der Waals surface area contributed by atoms with Crippen LogP contribution in [0.5, 0.6) is 0 Å². The van der Waals surface area contributed by atoms with Crippen LogP contribution >= 0.6 is 46.4 Å². The van der Waals surface area contributed by atoms with Crippen LogP contribution in [0.3, 0.4) is 0 Å². The minimum Gasteiger partial charge on any atom is -0.352 e. The van der Waals surface area contributed by atoms with Gasteiger partial charge in [0.15, 0.2) is 0 Å². The molecule has 0 spiro atoms. The molecule has 0 aromatic heterocycles. The van der Waals surface area contributed by atoms with E-state index in [4.69, 9.17) is 46.4 Å². The van der Waals surface area contributed by atoms with E-state index in [0.29, 0.717) is 26.5 Å². The van der Waals surface area contributed by atoms with Crippen molar-refractivity contribution in [2.45, 2.75) is 63.6 Å².